The number of aliphatic hydroxyl groups is 2. The van der Waals surface area contributed by atoms with Crippen LogP contribution in [0.25, 0.3) is 12.2 Å². The van der Waals surface area contributed by atoms with E-state index in [1.54, 1.807) is 33.8 Å². The summed E-state index contributed by atoms with van der Waals surface area (Å²) in [7, 11) is 0. The zero-order valence-corrected chi connectivity index (χ0v) is 22.9. The number of nitrogens with zero attached hydrogens (tertiary/aromatic N) is 1. The second kappa shape index (κ2) is 13.0. The summed E-state index contributed by atoms with van der Waals surface area (Å²) in [4.78, 5) is 0. The third-order valence-corrected chi connectivity index (χ3v) is 6.77. The number of hydrogen-bond donors (Lipinski definition) is 3. The topological polar surface area (TPSA) is 88.1 Å². The molecule has 0 aliphatic rings. The summed E-state index contributed by atoms with van der Waals surface area (Å²) in [5.74, 6) is -1.01. The van der Waals surface area contributed by atoms with Crippen LogP contribution in [0.2, 0.25) is 0 Å². The van der Waals surface area contributed by atoms with E-state index < -0.39 is 5.82 Å². The SMILES string of the molecule is C=Cc1c(F)c(C(=N)/C(C(C#N)=C(C)C)=C(C)\C(C)=C/C)c(CC)c(CO)c1/C=C(/C)C(C)C(=C)O. The van der Waals surface area contributed by atoms with Crippen molar-refractivity contribution in [2.75, 3.05) is 0 Å². The van der Waals surface area contributed by atoms with Gasteiger partial charge >= 0.3 is 0 Å². The van der Waals surface area contributed by atoms with Gasteiger partial charge in [0.2, 0.25) is 0 Å². The maximum Gasteiger partial charge on any atom is 0.140 e. The lowest BCUT2D eigenvalue weighted by molar-refractivity contribution is 0.280. The van der Waals surface area contributed by atoms with Gasteiger partial charge in [0.15, 0.2) is 0 Å². The number of aliphatic hydroxyl groups excluding tert-OH is 2. The molecule has 0 bridgehead atoms. The van der Waals surface area contributed by atoms with Gasteiger partial charge in [0.1, 0.15) is 5.82 Å². The summed E-state index contributed by atoms with van der Waals surface area (Å²) in [6.45, 7) is 21.6. The van der Waals surface area contributed by atoms with Crippen molar-refractivity contribution in [1.82, 2.24) is 0 Å². The van der Waals surface area contributed by atoms with Crippen LogP contribution < -0.4 is 0 Å². The van der Waals surface area contributed by atoms with Crippen LogP contribution in [0.4, 0.5) is 4.39 Å². The average Bonchev–Trinajstić information content (AvgIpc) is 2.84. The fraction of sp³-hybridized carbons (Fsp3) is 0.355. The van der Waals surface area contributed by atoms with E-state index in [4.69, 9.17) is 0 Å². The highest BCUT2D eigenvalue weighted by Crippen LogP contribution is 2.36. The molecule has 1 rings (SSSR count). The molecule has 36 heavy (non-hydrogen) atoms. The lowest BCUT2D eigenvalue weighted by Gasteiger charge is -2.23. The van der Waals surface area contributed by atoms with Crippen LogP contribution in [-0.4, -0.2) is 15.9 Å². The van der Waals surface area contributed by atoms with Crippen molar-refractivity contribution >= 4 is 17.9 Å². The number of nitriles is 1. The van der Waals surface area contributed by atoms with Gasteiger partial charge in [-0.3, -0.25) is 5.41 Å². The minimum Gasteiger partial charge on any atom is -0.512 e. The second-order valence-electron chi connectivity index (χ2n) is 9.12. The van der Waals surface area contributed by atoms with Gasteiger partial charge < -0.3 is 10.2 Å². The van der Waals surface area contributed by atoms with Gasteiger partial charge in [-0.05, 0) is 70.2 Å². The standard InChI is InChI=1S/C31H39FN2O2/c1-11-18(6)21(9)28(26(15-33)17(4)5)31(34)29-23(12-2)27(16-35)25(24(13-3)30(29)32)14-19(7)20(8)22(10)36/h11,13-14,20,34-36H,3,10,12,16H2,1-2,4-9H3/b18-11-,19-14-,28-21-,34-31?. The predicted molar refractivity (Wildman–Crippen MR) is 149 cm³/mol. The van der Waals surface area contributed by atoms with Crippen molar-refractivity contribution in [2.24, 2.45) is 5.92 Å². The lowest BCUT2D eigenvalue weighted by atomic mass is 9.81. The maximum absolute atomic E-state index is 16.3. The minimum atomic E-state index is -0.631. The van der Waals surface area contributed by atoms with Crippen LogP contribution in [0.1, 0.15) is 83.2 Å². The van der Waals surface area contributed by atoms with Crippen molar-refractivity contribution < 1.29 is 14.6 Å². The van der Waals surface area contributed by atoms with E-state index >= 15 is 4.39 Å². The molecule has 1 atom stereocenters. The Kier molecular flexibility index (Phi) is 11.0. The molecular formula is C31H39FN2O2. The van der Waals surface area contributed by atoms with E-state index in [0.717, 1.165) is 16.7 Å². The number of nitrogens with one attached hydrogen (secondary N) is 1. The monoisotopic (exact) mass is 490 g/mol. The van der Waals surface area contributed by atoms with E-state index in [1.165, 1.54) is 6.08 Å². The van der Waals surface area contributed by atoms with Crippen molar-refractivity contribution in [2.45, 2.75) is 68.4 Å². The van der Waals surface area contributed by atoms with E-state index in [1.807, 2.05) is 33.8 Å². The van der Waals surface area contributed by atoms with Crippen molar-refractivity contribution in [3.05, 3.63) is 92.1 Å². The first-order chi connectivity index (χ1) is 16.8. The molecular weight excluding hydrogens is 451 g/mol. The Labute approximate surface area is 215 Å². The fourth-order valence-electron chi connectivity index (χ4n) is 4.13. The molecule has 0 aromatic heterocycles. The van der Waals surface area contributed by atoms with Crippen molar-refractivity contribution in [3.63, 3.8) is 0 Å². The number of rotatable bonds is 10. The maximum atomic E-state index is 16.3. The molecule has 1 unspecified atom stereocenters. The third-order valence-electron chi connectivity index (χ3n) is 6.77. The quantitative estimate of drug-likeness (QED) is 0.134. The Morgan fingerprint density at radius 1 is 1.17 bits per heavy atom. The molecule has 0 aliphatic heterocycles. The molecule has 1 aromatic rings. The van der Waals surface area contributed by atoms with Gasteiger partial charge in [-0.1, -0.05) is 62.0 Å². The molecule has 1 aromatic carbocycles. The highest BCUT2D eigenvalue weighted by atomic mass is 19.1. The van der Waals surface area contributed by atoms with Crippen molar-refractivity contribution in [1.29, 1.82) is 10.7 Å². The molecule has 0 amide bonds. The second-order valence-corrected chi connectivity index (χ2v) is 9.12. The smallest absolute Gasteiger partial charge is 0.140 e. The molecule has 0 saturated carbocycles. The van der Waals surface area contributed by atoms with E-state index in [2.05, 4.69) is 19.2 Å². The number of halogens is 1. The molecule has 0 heterocycles. The highest BCUT2D eigenvalue weighted by molar-refractivity contribution is 6.16. The number of benzene rings is 1. The van der Waals surface area contributed by atoms with Crippen LogP contribution in [0.15, 0.2) is 58.4 Å². The Morgan fingerprint density at radius 2 is 1.75 bits per heavy atom. The highest BCUT2D eigenvalue weighted by Gasteiger charge is 2.28. The minimum absolute atomic E-state index is 0.0144. The molecule has 0 saturated heterocycles. The van der Waals surface area contributed by atoms with Gasteiger partial charge in [-0.25, -0.2) is 4.39 Å². The summed E-state index contributed by atoms with van der Waals surface area (Å²) in [5.41, 5.74) is 5.27. The van der Waals surface area contributed by atoms with Crippen molar-refractivity contribution in [3.8, 4) is 6.07 Å². The van der Waals surface area contributed by atoms with Crippen LogP contribution >= 0.6 is 0 Å². The van der Waals surface area contributed by atoms with Gasteiger partial charge in [-0.15, -0.1) is 0 Å². The molecule has 0 spiro atoms. The van der Waals surface area contributed by atoms with E-state index in [-0.39, 0.29) is 35.1 Å². The number of allylic oxidation sites excluding steroid dienone is 7. The molecule has 5 heteroatoms. The molecule has 0 radical (unpaired) electrons. The van der Waals surface area contributed by atoms with Crippen LogP contribution in [0, 0.1) is 28.5 Å². The molecule has 0 fully saturated rings. The Hall–Kier alpha value is -3.49. The number of hydrogen-bond acceptors (Lipinski definition) is 4. The Balaban J connectivity index is 4.29. The third kappa shape index (κ3) is 6.01. The van der Waals surface area contributed by atoms with Gasteiger partial charge in [0.05, 0.1) is 29.7 Å². The summed E-state index contributed by atoms with van der Waals surface area (Å²) in [5, 5.41) is 39.4. The van der Waals surface area contributed by atoms with Crippen LogP contribution in [0.5, 0.6) is 0 Å². The van der Waals surface area contributed by atoms with Gasteiger partial charge in [0, 0.05) is 22.6 Å². The fourth-order valence-corrected chi connectivity index (χ4v) is 4.13. The van der Waals surface area contributed by atoms with Gasteiger partial charge in [0.25, 0.3) is 0 Å². The summed E-state index contributed by atoms with van der Waals surface area (Å²) in [6.07, 6.45) is 5.35. The normalized spacial score (nSPS) is 13.5. The summed E-state index contributed by atoms with van der Waals surface area (Å²) in [6, 6.07) is 2.21. The zero-order chi connectivity index (χ0) is 27.9. The molecule has 192 valence electrons. The average molecular weight is 491 g/mol. The predicted octanol–water partition coefficient (Wildman–Crippen LogP) is 8.15. The largest absolute Gasteiger partial charge is 0.512 e. The first-order valence-corrected chi connectivity index (χ1v) is 12.0. The molecule has 4 nitrogen and oxygen atoms in total. The van der Waals surface area contributed by atoms with Crippen LogP contribution in [0.3, 0.4) is 0 Å². The summed E-state index contributed by atoms with van der Waals surface area (Å²) < 4.78 is 16.3. The molecule has 3 N–H and O–H groups in total. The lowest BCUT2D eigenvalue weighted by Crippen LogP contribution is -2.18. The summed E-state index contributed by atoms with van der Waals surface area (Å²) >= 11 is 0. The van der Waals surface area contributed by atoms with Crippen LogP contribution in [-0.2, 0) is 13.0 Å². The van der Waals surface area contributed by atoms with E-state index in [0.29, 0.717) is 39.8 Å². The Morgan fingerprint density at radius 3 is 2.14 bits per heavy atom. The van der Waals surface area contributed by atoms with Gasteiger partial charge in [-0.2, -0.15) is 5.26 Å². The zero-order valence-electron chi connectivity index (χ0n) is 22.9. The first-order valence-electron chi connectivity index (χ1n) is 12.0. The Bertz CT molecular complexity index is 1250. The first kappa shape index (κ1) is 30.5. The molecule has 0 aliphatic carbocycles. The van der Waals surface area contributed by atoms with E-state index in [9.17, 15) is 20.9 Å².